The summed E-state index contributed by atoms with van der Waals surface area (Å²) in [6, 6.07) is 3.27. The first-order valence-electron chi connectivity index (χ1n) is 5.09. The van der Waals surface area contributed by atoms with E-state index < -0.39 is 29.7 Å². The van der Waals surface area contributed by atoms with Gasteiger partial charge in [0, 0.05) is 22.2 Å². The van der Waals surface area contributed by atoms with Gasteiger partial charge in [-0.15, -0.1) is 0 Å². The number of non-ortho nitro benzene ring substituents is 1. The Morgan fingerprint density at radius 2 is 2.05 bits per heavy atom. The van der Waals surface area contributed by atoms with Gasteiger partial charge >= 0.3 is 6.18 Å². The van der Waals surface area contributed by atoms with Crippen molar-refractivity contribution in [1.29, 1.82) is 0 Å². The minimum atomic E-state index is -4.85. The molecule has 0 aromatic heterocycles. The van der Waals surface area contributed by atoms with Crippen molar-refractivity contribution in [3.8, 4) is 0 Å². The number of rotatable bonds is 4. The molecule has 20 heavy (non-hydrogen) atoms. The molecule has 0 radical (unpaired) electrons. The van der Waals surface area contributed by atoms with Crippen molar-refractivity contribution in [1.82, 2.24) is 5.32 Å². The zero-order valence-corrected chi connectivity index (χ0v) is 11.2. The van der Waals surface area contributed by atoms with Crippen LogP contribution in [0.3, 0.4) is 0 Å². The molecule has 0 heterocycles. The summed E-state index contributed by atoms with van der Waals surface area (Å²) in [5, 5.41) is 21.2. The second-order valence-electron chi connectivity index (χ2n) is 3.72. The smallest absolute Gasteiger partial charge is 0.382 e. The highest BCUT2D eigenvalue weighted by Gasteiger charge is 2.38. The predicted octanol–water partition coefficient (Wildman–Crippen LogP) is 2.01. The summed E-state index contributed by atoms with van der Waals surface area (Å²) in [7, 11) is 0. The molecule has 0 aliphatic rings. The van der Waals surface area contributed by atoms with Gasteiger partial charge in [-0.3, -0.25) is 14.9 Å². The molecule has 1 aromatic carbocycles. The topological polar surface area (TPSA) is 92.5 Å². The van der Waals surface area contributed by atoms with Crippen molar-refractivity contribution in [2.45, 2.75) is 12.3 Å². The van der Waals surface area contributed by atoms with Crippen molar-refractivity contribution in [2.75, 3.05) is 6.54 Å². The number of hydrogen-bond donors (Lipinski definition) is 2. The number of carbonyl (C=O) groups is 1. The largest absolute Gasteiger partial charge is 0.416 e. The van der Waals surface area contributed by atoms with Crippen LogP contribution in [0, 0.1) is 10.1 Å². The van der Waals surface area contributed by atoms with Crippen molar-refractivity contribution in [2.24, 2.45) is 0 Å². The fraction of sp³-hybridized carbons (Fsp3) is 0.300. The van der Waals surface area contributed by atoms with Gasteiger partial charge in [0.15, 0.2) is 6.10 Å². The maximum Gasteiger partial charge on any atom is 0.416 e. The van der Waals surface area contributed by atoms with Crippen LogP contribution in [0.1, 0.15) is 10.4 Å². The molecule has 0 aliphatic carbocycles. The second-order valence-corrected chi connectivity index (χ2v) is 4.64. The average molecular weight is 357 g/mol. The molecule has 6 nitrogen and oxygen atoms in total. The molecule has 0 bridgehead atoms. The Hall–Kier alpha value is -1.68. The quantitative estimate of drug-likeness (QED) is 0.637. The van der Waals surface area contributed by atoms with Gasteiger partial charge in [-0.25, -0.2) is 0 Å². The number of nitrogens with one attached hydrogen (secondary N) is 1. The summed E-state index contributed by atoms with van der Waals surface area (Å²) < 4.78 is 36.3. The maximum absolute atomic E-state index is 12.0. The number of benzene rings is 1. The van der Waals surface area contributed by atoms with E-state index in [-0.39, 0.29) is 15.7 Å². The Morgan fingerprint density at radius 1 is 1.45 bits per heavy atom. The number of halogens is 4. The van der Waals surface area contributed by atoms with Gasteiger partial charge in [0.2, 0.25) is 0 Å². The van der Waals surface area contributed by atoms with Crippen molar-refractivity contribution < 1.29 is 28.0 Å². The number of amides is 1. The lowest BCUT2D eigenvalue weighted by molar-refractivity contribution is -0.385. The van der Waals surface area contributed by atoms with Crippen LogP contribution in [-0.2, 0) is 0 Å². The first-order chi connectivity index (χ1) is 9.11. The monoisotopic (exact) mass is 356 g/mol. The molecule has 0 spiro atoms. The summed E-state index contributed by atoms with van der Waals surface area (Å²) in [6.07, 6.45) is -7.55. The number of nitro groups is 1. The Balaban J connectivity index is 2.81. The Bertz CT molecular complexity index is 536. The van der Waals surface area contributed by atoms with Gasteiger partial charge in [0.25, 0.3) is 11.6 Å². The number of carbonyl (C=O) groups excluding carboxylic acids is 1. The molecule has 1 aromatic rings. The van der Waals surface area contributed by atoms with E-state index in [0.29, 0.717) is 0 Å². The van der Waals surface area contributed by atoms with Crippen molar-refractivity contribution in [3.05, 3.63) is 38.3 Å². The molecule has 1 amide bonds. The zero-order chi connectivity index (χ0) is 15.5. The Morgan fingerprint density at radius 3 is 2.55 bits per heavy atom. The lowest BCUT2D eigenvalue weighted by Crippen LogP contribution is -2.40. The summed E-state index contributed by atoms with van der Waals surface area (Å²) in [6.45, 7) is -1.04. The van der Waals surface area contributed by atoms with Crippen LogP contribution in [0.15, 0.2) is 22.7 Å². The first-order valence-corrected chi connectivity index (χ1v) is 5.88. The van der Waals surface area contributed by atoms with E-state index in [9.17, 15) is 28.1 Å². The van der Waals surface area contributed by atoms with E-state index in [1.54, 1.807) is 0 Å². The highest BCUT2D eigenvalue weighted by Crippen LogP contribution is 2.22. The predicted molar refractivity (Wildman–Crippen MR) is 65.2 cm³/mol. The molecule has 1 unspecified atom stereocenters. The first kappa shape index (κ1) is 16.4. The summed E-state index contributed by atoms with van der Waals surface area (Å²) in [5.41, 5.74) is -0.582. The zero-order valence-electron chi connectivity index (χ0n) is 9.65. The minimum absolute atomic E-state index is 0.194. The van der Waals surface area contributed by atoms with Gasteiger partial charge in [0.1, 0.15) is 0 Å². The molecular weight excluding hydrogens is 349 g/mol. The van der Waals surface area contributed by atoms with E-state index in [2.05, 4.69) is 15.9 Å². The van der Waals surface area contributed by atoms with Crippen LogP contribution in [0.4, 0.5) is 18.9 Å². The van der Waals surface area contributed by atoms with Crippen molar-refractivity contribution in [3.63, 3.8) is 0 Å². The fourth-order valence-corrected chi connectivity index (χ4v) is 1.70. The molecule has 2 N–H and O–H groups in total. The van der Waals surface area contributed by atoms with Crippen LogP contribution >= 0.6 is 15.9 Å². The maximum atomic E-state index is 12.0. The molecule has 0 aliphatic heterocycles. The molecule has 0 saturated heterocycles. The summed E-state index contributed by atoms with van der Waals surface area (Å²) >= 11 is 2.95. The third-order valence-corrected chi connectivity index (χ3v) is 2.65. The molecule has 0 fully saturated rings. The highest BCUT2D eigenvalue weighted by molar-refractivity contribution is 9.10. The fourth-order valence-electron chi connectivity index (χ4n) is 1.22. The van der Waals surface area contributed by atoms with E-state index in [1.807, 2.05) is 5.32 Å². The van der Waals surface area contributed by atoms with Crippen LogP contribution in [0.2, 0.25) is 0 Å². The van der Waals surface area contributed by atoms with E-state index >= 15 is 0 Å². The summed E-state index contributed by atoms with van der Waals surface area (Å²) in [4.78, 5) is 21.4. The third-order valence-electron chi connectivity index (χ3n) is 2.19. The standard InChI is InChI=1S/C10H8BrF3N2O4/c11-6-1-5(2-7(3-6)16(19)20)9(18)15-4-8(17)10(12,13)14/h1-3,8,17H,4H2,(H,15,18). The summed E-state index contributed by atoms with van der Waals surface area (Å²) in [5.74, 6) is -0.960. The van der Waals surface area contributed by atoms with Gasteiger partial charge in [-0.1, -0.05) is 15.9 Å². The number of aliphatic hydroxyl groups excluding tert-OH is 1. The number of alkyl halides is 3. The third kappa shape index (κ3) is 4.46. The molecule has 1 atom stereocenters. The van der Waals surface area contributed by atoms with Gasteiger partial charge in [-0.05, 0) is 6.07 Å². The van der Waals surface area contributed by atoms with E-state index in [1.165, 1.54) is 6.07 Å². The number of aliphatic hydroxyl groups is 1. The normalized spacial score (nSPS) is 12.8. The van der Waals surface area contributed by atoms with Crippen molar-refractivity contribution >= 4 is 27.5 Å². The molecule has 1 rings (SSSR count). The Kier molecular flexibility index (Phi) is 5.06. The molecule has 10 heteroatoms. The van der Waals surface area contributed by atoms with Crippen LogP contribution in [-0.4, -0.2) is 34.8 Å². The Labute approximate surface area is 118 Å². The number of nitro benzene ring substituents is 1. The minimum Gasteiger partial charge on any atom is -0.382 e. The lowest BCUT2D eigenvalue weighted by Gasteiger charge is -2.15. The van der Waals surface area contributed by atoms with E-state index in [0.717, 1.165) is 12.1 Å². The number of hydrogen-bond acceptors (Lipinski definition) is 4. The SMILES string of the molecule is O=C(NCC(O)C(F)(F)F)c1cc(Br)cc([N+](=O)[O-])c1. The van der Waals surface area contributed by atoms with Gasteiger partial charge in [0.05, 0.1) is 11.5 Å². The molecule has 110 valence electrons. The lowest BCUT2D eigenvalue weighted by atomic mass is 10.2. The number of nitrogens with zero attached hydrogens (tertiary/aromatic N) is 1. The second kappa shape index (κ2) is 6.18. The molecular formula is C10H8BrF3N2O4. The average Bonchev–Trinajstić information content (AvgIpc) is 2.33. The van der Waals surface area contributed by atoms with Crippen LogP contribution < -0.4 is 5.32 Å². The van der Waals surface area contributed by atoms with Gasteiger partial charge in [-0.2, -0.15) is 13.2 Å². The van der Waals surface area contributed by atoms with Crippen LogP contribution in [0.25, 0.3) is 0 Å². The van der Waals surface area contributed by atoms with Crippen LogP contribution in [0.5, 0.6) is 0 Å². The van der Waals surface area contributed by atoms with Gasteiger partial charge < -0.3 is 10.4 Å². The molecule has 0 saturated carbocycles. The highest BCUT2D eigenvalue weighted by atomic mass is 79.9. The van der Waals surface area contributed by atoms with E-state index in [4.69, 9.17) is 5.11 Å².